The minimum absolute atomic E-state index is 0.227. The van der Waals surface area contributed by atoms with E-state index in [0.29, 0.717) is 18.0 Å². The number of halogens is 1. The summed E-state index contributed by atoms with van der Waals surface area (Å²) in [6.45, 7) is 10.3. The molecule has 0 spiro atoms. The van der Waals surface area contributed by atoms with Crippen LogP contribution in [0.15, 0.2) is 49.1 Å². The molecule has 2 aromatic carbocycles. The highest BCUT2D eigenvalue weighted by Crippen LogP contribution is 2.29. The van der Waals surface area contributed by atoms with Crippen LogP contribution in [-0.2, 0) is 6.42 Å². The SMILES string of the molecule is C=CCc1ccc(OC[C@H](O)CN2CCN(c3cc(Cl)ccc3C)CC2)c(OC)c1. The number of aliphatic hydroxyl groups is 1. The number of allylic oxidation sites excluding steroid dienone is 1. The maximum absolute atomic E-state index is 10.5. The molecule has 0 bridgehead atoms. The van der Waals surface area contributed by atoms with Gasteiger partial charge in [0.05, 0.1) is 7.11 Å². The zero-order valence-corrected chi connectivity index (χ0v) is 18.6. The number of benzene rings is 2. The Bertz CT molecular complexity index is 850. The van der Waals surface area contributed by atoms with Gasteiger partial charge in [0.2, 0.25) is 0 Å². The van der Waals surface area contributed by atoms with E-state index in [4.69, 9.17) is 21.1 Å². The highest BCUT2D eigenvalue weighted by Gasteiger charge is 2.21. The molecule has 3 rings (SSSR count). The molecule has 0 aliphatic carbocycles. The fourth-order valence-electron chi connectivity index (χ4n) is 3.76. The normalized spacial score (nSPS) is 15.7. The van der Waals surface area contributed by atoms with Crippen molar-refractivity contribution < 1.29 is 14.6 Å². The standard InChI is InChI=1S/C24H31ClN2O3/c1-4-5-19-7-9-23(24(14-19)29-3)30-17-21(28)16-26-10-12-27(13-11-26)22-15-20(25)8-6-18(22)2/h4,6-9,14-15,21,28H,1,5,10-13,16-17H2,2-3H3/t21-/m1/s1. The van der Waals surface area contributed by atoms with Crippen molar-refractivity contribution in [2.24, 2.45) is 0 Å². The number of hydrogen-bond donors (Lipinski definition) is 1. The molecule has 1 saturated heterocycles. The fourth-order valence-corrected chi connectivity index (χ4v) is 3.92. The van der Waals surface area contributed by atoms with E-state index in [1.807, 2.05) is 36.4 Å². The van der Waals surface area contributed by atoms with Gasteiger partial charge in [-0.1, -0.05) is 29.8 Å². The van der Waals surface area contributed by atoms with Crippen LogP contribution in [0.5, 0.6) is 11.5 Å². The van der Waals surface area contributed by atoms with Crippen molar-refractivity contribution in [3.63, 3.8) is 0 Å². The smallest absolute Gasteiger partial charge is 0.161 e. The van der Waals surface area contributed by atoms with E-state index < -0.39 is 6.10 Å². The lowest BCUT2D eigenvalue weighted by Crippen LogP contribution is -2.49. The van der Waals surface area contributed by atoms with Crippen LogP contribution >= 0.6 is 11.6 Å². The zero-order chi connectivity index (χ0) is 21.5. The van der Waals surface area contributed by atoms with Gasteiger partial charge in [-0.05, 0) is 48.7 Å². The Hall–Kier alpha value is -2.21. The quantitative estimate of drug-likeness (QED) is 0.610. The predicted molar refractivity (Wildman–Crippen MR) is 123 cm³/mol. The first-order valence-corrected chi connectivity index (χ1v) is 10.7. The molecule has 1 atom stereocenters. The minimum Gasteiger partial charge on any atom is -0.493 e. The Labute approximate surface area is 184 Å². The molecule has 1 heterocycles. The molecular formula is C24H31ClN2O3. The first kappa shape index (κ1) is 22.5. The second kappa shape index (κ2) is 10.7. The third-order valence-corrected chi connectivity index (χ3v) is 5.63. The number of ether oxygens (including phenoxy) is 2. The van der Waals surface area contributed by atoms with Crippen molar-refractivity contribution in [3.05, 3.63) is 65.2 Å². The number of nitrogens with zero attached hydrogens (tertiary/aromatic N) is 2. The molecule has 6 heteroatoms. The van der Waals surface area contributed by atoms with E-state index in [-0.39, 0.29) is 6.61 Å². The Kier molecular flexibility index (Phi) is 8.02. The van der Waals surface area contributed by atoms with E-state index in [9.17, 15) is 5.11 Å². The van der Waals surface area contributed by atoms with E-state index in [1.165, 1.54) is 11.3 Å². The van der Waals surface area contributed by atoms with E-state index in [0.717, 1.165) is 43.2 Å². The fraction of sp³-hybridized carbons (Fsp3) is 0.417. The third-order valence-electron chi connectivity index (χ3n) is 5.39. The number of piperazine rings is 1. The Morgan fingerprint density at radius 2 is 1.90 bits per heavy atom. The van der Waals surface area contributed by atoms with Crippen molar-refractivity contribution in [3.8, 4) is 11.5 Å². The number of anilines is 1. The van der Waals surface area contributed by atoms with Gasteiger partial charge in [-0.2, -0.15) is 0 Å². The maximum atomic E-state index is 10.5. The largest absolute Gasteiger partial charge is 0.493 e. The molecule has 0 aromatic heterocycles. The van der Waals surface area contributed by atoms with Gasteiger partial charge >= 0.3 is 0 Å². The monoisotopic (exact) mass is 430 g/mol. The molecular weight excluding hydrogens is 400 g/mol. The lowest BCUT2D eigenvalue weighted by atomic mass is 10.1. The van der Waals surface area contributed by atoms with Crippen molar-refractivity contribution in [2.45, 2.75) is 19.4 Å². The van der Waals surface area contributed by atoms with E-state index in [2.05, 4.69) is 29.4 Å². The summed E-state index contributed by atoms with van der Waals surface area (Å²) in [7, 11) is 1.62. The first-order chi connectivity index (χ1) is 14.5. The summed E-state index contributed by atoms with van der Waals surface area (Å²) in [6.07, 6.45) is 2.06. The second-order valence-electron chi connectivity index (χ2n) is 7.66. The molecule has 0 saturated carbocycles. The number of rotatable bonds is 9. The van der Waals surface area contributed by atoms with Crippen molar-refractivity contribution in [1.82, 2.24) is 4.90 Å². The lowest BCUT2D eigenvalue weighted by Gasteiger charge is -2.37. The van der Waals surface area contributed by atoms with Gasteiger partial charge in [0.1, 0.15) is 12.7 Å². The molecule has 1 N–H and O–H groups in total. The summed E-state index contributed by atoms with van der Waals surface area (Å²) in [5.74, 6) is 1.32. The van der Waals surface area contributed by atoms with Crippen LogP contribution < -0.4 is 14.4 Å². The van der Waals surface area contributed by atoms with Gasteiger partial charge in [0.25, 0.3) is 0 Å². The molecule has 2 aromatic rings. The summed E-state index contributed by atoms with van der Waals surface area (Å²) in [4.78, 5) is 4.63. The Morgan fingerprint density at radius 3 is 2.60 bits per heavy atom. The Morgan fingerprint density at radius 1 is 1.13 bits per heavy atom. The Balaban J connectivity index is 1.48. The highest BCUT2D eigenvalue weighted by atomic mass is 35.5. The predicted octanol–water partition coefficient (Wildman–Crippen LogP) is 3.95. The molecule has 0 unspecified atom stereocenters. The molecule has 0 radical (unpaired) electrons. The summed E-state index contributed by atoms with van der Waals surface area (Å²) < 4.78 is 11.3. The minimum atomic E-state index is -0.568. The lowest BCUT2D eigenvalue weighted by molar-refractivity contribution is 0.0653. The van der Waals surface area contributed by atoms with Gasteiger partial charge in [-0.15, -0.1) is 6.58 Å². The second-order valence-corrected chi connectivity index (χ2v) is 8.10. The summed E-state index contributed by atoms with van der Waals surface area (Å²) >= 11 is 6.17. The van der Waals surface area contributed by atoms with Crippen LogP contribution in [0, 0.1) is 6.92 Å². The number of aliphatic hydroxyl groups excluding tert-OH is 1. The van der Waals surface area contributed by atoms with E-state index in [1.54, 1.807) is 7.11 Å². The van der Waals surface area contributed by atoms with Crippen LogP contribution in [0.3, 0.4) is 0 Å². The summed E-state index contributed by atoms with van der Waals surface area (Å²) in [6, 6.07) is 11.8. The van der Waals surface area contributed by atoms with Crippen LogP contribution in [0.25, 0.3) is 0 Å². The average molecular weight is 431 g/mol. The van der Waals surface area contributed by atoms with Crippen LogP contribution in [0.2, 0.25) is 5.02 Å². The van der Waals surface area contributed by atoms with Gasteiger partial charge in [-0.25, -0.2) is 0 Å². The summed E-state index contributed by atoms with van der Waals surface area (Å²) in [5, 5.41) is 11.2. The van der Waals surface area contributed by atoms with Gasteiger partial charge in [0, 0.05) is 43.4 Å². The van der Waals surface area contributed by atoms with Crippen LogP contribution in [0.4, 0.5) is 5.69 Å². The highest BCUT2D eigenvalue weighted by molar-refractivity contribution is 6.30. The summed E-state index contributed by atoms with van der Waals surface area (Å²) in [5.41, 5.74) is 3.54. The average Bonchev–Trinajstić information content (AvgIpc) is 2.75. The number of hydrogen-bond acceptors (Lipinski definition) is 5. The molecule has 1 aliphatic rings. The van der Waals surface area contributed by atoms with Crippen LogP contribution in [-0.4, -0.2) is 62.6 Å². The molecule has 30 heavy (non-hydrogen) atoms. The molecule has 162 valence electrons. The first-order valence-electron chi connectivity index (χ1n) is 10.3. The molecule has 5 nitrogen and oxygen atoms in total. The molecule has 1 fully saturated rings. The zero-order valence-electron chi connectivity index (χ0n) is 17.8. The van der Waals surface area contributed by atoms with Crippen molar-refractivity contribution in [2.75, 3.05) is 51.3 Å². The van der Waals surface area contributed by atoms with Crippen molar-refractivity contribution >= 4 is 17.3 Å². The number of β-amino-alcohol motifs (C(OH)–C–C–N with tert-alkyl or cyclic N) is 1. The van der Waals surface area contributed by atoms with Gasteiger partial charge in [-0.3, -0.25) is 4.90 Å². The maximum Gasteiger partial charge on any atom is 0.161 e. The number of methoxy groups -OCH3 is 1. The molecule has 0 amide bonds. The topological polar surface area (TPSA) is 45.2 Å². The van der Waals surface area contributed by atoms with Gasteiger partial charge in [0.15, 0.2) is 11.5 Å². The van der Waals surface area contributed by atoms with E-state index >= 15 is 0 Å². The van der Waals surface area contributed by atoms with Crippen LogP contribution in [0.1, 0.15) is 11.1 Å². The van der Waals surface area contributed by atoms with Gasteiger partial charge < -0.3 is 19.5 Å². The molecule has 1 aliphatic heterocycles. The third kappa shape index (κ3) is 5.91. The number of aryl methyl sites for hydroxylation is 1. The van der Waals surface area contributed by atoms with Crippen molar-refractivity contribution in [1.29, 1.82) is 0 Å².